The van der Waals surface area contributed by atoms with E-state index in [1.807, 2.05) is 20.8 Å². The van der Waals surface area contributed by atoms with E-state index in [1.165, 1.54) is 12.1 Å². The second-order valence-electron chi connectivity index (χ2n) is 8.14. The van der Waals surface area contributed by atoms with Crippen LogP contribution in [0, 0.1) is 0 Å². The third-order valence-corrected chi connectivity index (χ3v) is 4.83. The smallest absolute Gasteiger partial charge is 0.475 e. The lowest BCUT2D eigenvalue weighted by atomic mass is 9.85. The lowest BCUT2D eigenvalue weighted by Gasteiger charge is -2.30. The van der Waals surface area contributed by atoms with Gasteiger partial charge >= 0.3 is 18.3 Å². The number of carbonyl (C=O) groups is 2. The van der Waals surface area contributed by atoms with Crippen LogP contribution < -0.4 is 10.4 Å². The highest BCUT2D eigenvalue weighted by atomic mass is 35.5. The van der Waals surface area contributed by atoms with Gasteiger partial charge in [0.15, 0.2) is 0 Å². The van der Waals surface area contributed by atoms with Gasteiger partial charge in [-0.15, -0.1) is 0 Å². The van der Waals surface area contributed by atoms with Crippen LogP contribution in [0.2, 0.25) is 5.02 Å². The number of rotatable bonds is 10. The van der Waals surface area contributed by atoms with Crippen LogP contribution in [-0.4, -0.2) is 62.8 Å². The molecule has 196 valence electrons. The molecule has 0 fully saturated rings. The Labute approximate surface area is 203 Å². The van der Waals surface area contributed by atoms with Gasteiger partial charge < -0.3 is 23.7 Å². The molecular formula is C21H26ClF3NO9+. The zero-order valence-corrected chi connectivity index (χ0v) is 19.9. The zero-order chi connectivity index (χ0) is 26.2. The van der Waals surface area contributed by atoms with E-state index in [9.17, 15) is 22.8 Å². The summed E-state index contributed by atoms with van der Waals surface area (Å²) in [5, 5.41) is 8.59. The van der Waals surface area contributed by atoms with Gasteiger partial charge in [0.05, 0.1) is 18.8 Å². The SMILES string of the molecule is CC(C)(C)c1cc2c(cc1Cl)C=C(C(=O)OCOC(=O)OCCOCCO[NH2+]O)C(C(F)(F)F)O2. The van der Waals surface area contributed by atoms with Crippen LogP contribution in [0.15, 0.2) is 17.7 Å². The standard InChI is InChI=1S/C21H26ClF3NO9/c1-20(2,3)14-10-16-12(9-15(14)22)8-13(17(35-16)21(23,24)25)18(27)32-11-33-19(28)31-6-4-30-5-7-34-26-29/h8-10,17,29H,4-7,11,26H2,1-3H3/q+1. The van der Waals surface area contributed by atoms with Crippen molar-refractivity contribution in [3.05, 3.63) is 33.9 Å². The van der Waals surface area contributed by atoms with E-state index in [1.54, 1.807) is 0 Å². The van der Waals surface area contributed by atoms with E-state index in [0.717, 1.165) is 6.08 Å². The number of ether oxygens (including phenoxy) is 5. The van der Waals surface area contributed by atoms with Crippen molar-refractivity contribution in [2.75, 3.05) is 33.2 Å². The maximum Gasteiger partial charge on any atom is 0.511 e. The lowest BCUT2D eigenvalue weighted by molar-refractivity contribution is -1.06. The summed E-state index contributed by atoms with van der Waals surface area (Å²) >= 11 is 6.28. The zero-order valence-electron chi connectivity index (χ0n) is 19.1. The molecule has 0 saturated heterocycles. The highest BCUT2D eigenvalue weighted by Crippen LogP contribution is 2.42. The average molecular weight is 529 g/mol. The van der Waals surface area contributed by atoms with Crippen LogP contribution in [0.25, 0.3) is 6.08 Å². The summed E-state index contributed by atoms with van der Waals surface area (Å²) in [4.78, 5) is 28.3. The van der Waals surface area contributed by atoms with E-state index >= 15 is 0 Å². The summed E-state index contributed by atoms with van der Waals surface area (Å²) < 4.78 is 64.9. The molecule has 0 aromatic heterocycles. The molecule has 1 aliphatic rings. The van der Waals surface area contributed by atoms with Crippen LogP contribution in [-0.2, 0) is 34.0 Å². The normalized spacial score (nSPS) is 15.5. The number of hydrogen-bond acceptors (Lipinski definition) is 9. The molecule has 1 aromatic carbocycles. The molecule has 0 amide bonds. The maximum atomic E-state index is 13.6. The van der Waals surface area contributed by atoms with Gasteiger partial charge in [-0.1, -0.05) is 38.0 Å². The molecule has 0 saturated carbocycles. The van der Waals surface area contributed by atoms with Crippen LogP contribution >= 0.6 is 11.6 Å². The molecule has 1 atom stereocenters. The summed E-state index contributed by atoms with van der Waals surface area (Å²) in [6.45, 7) is 4.52. The molecule has 10 nitrogen and oxygen atoms in total. The topological polar surface area (TPSA) is 126 Å². The van der Waals surface area contributed by atoms with Crippen molar-refractivity contribution in [1.82, 2.24) is 0 Å². The Bertz CT molecular complexity index is 932. The third-order valence-electron chi connectivity index (χ3n) is 4.51. The van der Waals surface area contributed by atoms with Gasteiger partial charge in [0.25, 0.3) is 0 Å². The molecule has 3 N–H and O–H groups in total. The van der Waals surface area contributed by atoms with Crippen LogP contribution in [0.3, 0.4) is 0 Å². The second kappa shape index (κ2) is 12.4. The first kappa shape index (κ1) is 28.7. The minimum atomic E-state index is -4.93. The molecule has 14 heteroatoms. The monoisotopic (exact) mass is 528 g/mol. The third kappa shape index (κ3) is 8.54. The van der Waals surface area contributed by atoms with E-state index in [2.05, 4.69) is 19.0 Å². The first-order valence-corrected chi connectivity index (χ1v) is 10.6. The molecule has 1 heterocycles. The number of quaternary nitrogens is 1. The van der Waals surface area contributed by atoms with E-state index in [4.69, 9.17) is 26.3 Å². The number of halogens is 4. The van der Waals surface area contributed by atoms with Crippen LogP contribution in [0.4, 0.5) is 18.0 Å². The number of alkyl halides is 3. The molecule has 35 heavy (non-hydrogen) atoms. The van der Waals surface area contributed by atoms with Crippen molar-refractivity contribution in [2.24, 2.45) is 0 Å². The number of benzene rings is 1. The molecule has 0 aliphatic carbocycles. The van der Waals surface area contributed by atoms with Crippen molar-refractivity contribution >= 4 is 29.8 Å². The fourth-order valence-electron chi connectivity index (χ4n) is 2.90. The van der Waals surface area contributed by atoms with Crippen molar-refractivity contribution in [3.8, 4) is 5.75 Å². The molecular weight excluding hydrogens is 503 g/mol. The minimum absolute atomic E-state index is 0.0138. The highest BCUT2D eigenvalue weighted by Gasteiger charge is 2.49. The molecule has 1 aliphatic heterocycles. The Morgan fingerprint density at radius 3 is 2.40 bits per heavy atom. The van der Waals surface area contributed by atoms with Crippen molar-refractivity contribution in [1.29, 1.82) is 0 Å². The Morgan fingerprint density at radius 1 is 1.09 bits per heavy atom. The maximum absolute atomic E-state index is 13.6. The minimum Gasteiger partial charge on any atom is -0.475 e. The van der Waals surface area contributed by atoms with Crippen molar-refractivity contribution in [2.45, 2.75) is 38.5 Å². The van der Waals surface area contributed by atoms with Gasteiger partial charge in [-0.25, -0.2) is 9.59 Å². The number of nitrogens with two attached hydrogens (primary N) is 1. The van der Waals surface area contributed by atoms with Gasteiger partial charge in [0.2, 0.25) is 12.9 Å². The number of esters is 1. The Morgan fingerprint density at radius 2 is 1.77 bits per heavy atom. The lowest BCUT2D eigenvalue weighted by Crippen LogP contribution is -2.79. The summed E-state index contributed by atoms with van der Waals surface area (Å²) in [5.41, 5.74) is -0.0539. The van der Waals surface area contributed by atoms with Crippen molar-refractivity contribution in [3.63, 3.8) is 0 Å². The number of hydrogen-bond donors (Lipinski definition) is 2. The molecule has 1 aromatic rings. The number of fused-ring (bicyclic) bond motifs is 1. The quantitative estimate of drug-likeness (QED) is 0.204. The van der Waals surface area contributed by atoms with Gasteiger partial charge in [0.1, 0.15) is 19.0 Å². The van der Waals surface area contributed by atoms with E-state index in [0.29, 0.717) is 16.2 Å². The summed E-state index contributed by atoms with van der Waals surface area (Å²) in [6.07, 6.45) is -7.77. The van der Waals surface area contributed by atoms with Gasteiger partial charge in [-0.05, 0) is 29.2 Å². The highest BCUT2D eigenvalue weighted by molar-refractivity contribution is 6.31. The Kier molecular flexibility index (Phi) is 10.2. The molecule has 0 bridgehead atoms. The van der Waals surface area contributed by atoms with Crippen molar-refractivity contribution < 1.29 is 62.1 Å². The predicted molar refractivity (Wildman–Crippen MR) is 112 cm³/mol. The van der Waals surface area contributed by atoms with Crippen LogP contribution in [0.1, 0.15) is 31.9 Å². The Balaban J connectivity index is 1.98. The molecule has 2 rings (SSSR count). The van der Waals surface area contributed by atoms with Gasteiger partial charge in [-0.3, -0.25) is 0 Å². The Hall–Kier alpha value is -2.58. The first-order chi connectivity index (χ1) is 16.3. The fourth-order valence-corrected chi connectivity index (χ4v) is 3.36. The number of carbonyl (C=O) groups excluding carboxylic acids is 2. The van der Waals surface area contributed by atoms with Gasteiger partial charge in [0, 0.05) is 10.6 Å². The largest absolute Gasteiger partial charge is 0.511 e. The summed E-state index contributed by atoms with van der Waals surface area (Å²) in [5.74, 6) is -1.48. The average Bonchev–Trinajstić information content (AvgIpc) is 2.75. The van der Waals surface area contributed by atoms with E-state index in [-0.39, 0.29) is 37.7 Å². The summed E-state index contributed by atoms with van der Waals surface area (Å²) in [7, 11) is 0. The fraction of sp³-hybridized carbons (Fsp3) is 0.524. The molecule has 0 radical (unpaired) electrons. The molecule has 1 unspecified atom stereocenters. The second-order valence-corrected chi connectivity index (χ2v) is 8.55. The summed E-state index contributed by atoms with van der Waals surface area (Å²) in [6, 6.07) is 2.82. The van der Waals surface area contributed by atoms with Crippen LogP contribution in [0.5, 0.6) is 5.75 Å². The van der Waals surface area contributed by atoms with E-state index < -0.39 is 42.2 Å². The first-order valence-electron chi connectivity index (χ1n) is 10.3. The van der Waals surface area contributed by atoms with Gasteiger partial charge in [-0.2, -0.15) is 23.2 Å². The predicted octanol–water partition coefficient (Wildman–Crippen LogP) is 2.90. The molecule has 0 spiro atoms.